The highest BCUT2D eigenvalue weighted by Crippen LogP contribution is 2.56. The Bertz CT molecular complexity index is 2860. The van der Waals surface area contributed by atoms with Crippen LogP contribution in [0.1, 0.15) is 47.2 Å². The van der Waals surface area contributed by atoms with Gasteiger partial charge in [0.1, 0.15) is 0 Å². The lowest BCUT2D eigenvalue weighted by atomic mass is 9.74. The van der Waals surface area contributed by atoms with Crippen molar-refractivity contribution in [2.24, 2.45) is 0 Å². The first-order chi connectivity index (χ1) is 29.0. The maximum atomic E-state index is 2.50. The average Bonchev–Trinajstić information content (AvgIpc) is 3.73. The van der Waals surface area contributed by atoms with E-state index in [9.17, 15) is 0 Å². The van der Waals surface area contributed by atoms with Crippen molar-refractivity contribution in [1.29, 1.82) is 0 Å². The van der Waals surface area contributed by atoms with Gasteiger partial charge in [-0.05, 0) is 117 Å². The monoisotopic (exact) mass is 753 g/mol. The number of rotatable bonds is 7. The number of nitrogens with zero attached hydrogens (tertiary/aromatic N) is 1. The van der Waals surface area contributed by atoms with Crippen molar-refractivity contribution in [3.05, 3.63) is 258 Å². The zero-order chi connectivity index (χ0) is 39.6. The summed E-state index contributed by atoms with van der Waals surface area (Å²) in [6, 6.07) is 82.9. The molecule has 9 aromatic rings. The second kappa shape index (κ2) is 13.7. The minimum Gasteiger partial charge on any atom is -0.310 e. The number of benzene rings is 9. The molecule has 2 aliphatic rings. The number of fused-ring (bicyclic) bond motifs is 6. The van der Waals surface area contributed by atoms with Crippen LogP contribution in [0.25, 0.3) is 44.5 Å². The summed E-state index contributed by atoms with van der Waals surface area (Å²) in [4.78, 5) is 2.50. The van der Waals surface area contributed by atoms with Gasteiger partial charge in [-0.15, -0.1) is 0 Å². The smallest absolute Gasteiger partial charge is 0.0540 e. The van der Waals surface area contributed by atoms with E-state index < -0.39 is 0 Å². The maximum absolute atomic E-state index is 2.50. The molecule has 1 nitrogen and oxygen atoms in total. The zero-order valence-electron chi connectivity index (χ0n) is 33.3. The van der Waals surface area contributed by atoms with Crippen molar-refractivity contribution in [1.82, 2.24) is 0 Å². The van der Waals surface area contributed by atoms with E-state index in [4.69, 9.17) is 0 Å². The molecule has 2 atom stereocenters. The molecule has 59 heavy (non-hydrogen) atoms. The molecule has 0 saturated carbocycles. The highest BCUT2D eigenvalue weighted by atomic mass is 15.1. The van der Waals surface area contributed by atoms with Gasteiger partial charge in [-0.3, -0.25) is 0 Å². The Balaban J connectivity index is 1.14. The molecular formula is C58H43N. The van der Waals surface area contributed by atoms with Crippen molar-refractivity contribution < 1.29 is 0 Å². The van der Waals surface area contributed by atoms with E-state index in [1.165, 1.54) is 77.9 Å². The molecule has 0 fully saturated rings. The summed E-state index contributed by atoms with van der Waals surface area (Å²) in [6.07, 6.45) is 0. The third-order valence-electron chi connectivity index (χ3n) is 13.3. The normalized spacial score (nSPS) is 17.1. The minimum atomic E-state index is -0.326. The molecule has 0 aromatic heterocycles. The summed E-state index contributed by atoms with van der Waals surface area (Å²) >= 11 is 0. The lowest BCUT2D eigenvalue weighted by Crippen LogP contribution is -2.23. The van der Waals surface area contributed by atoms with Gasteiger partial charge < -0.3 is 4.90 Å². The van der Waals surface area contributed by atoms with Crippen LogP contribution in [0.3, 0.4) is 0 Å². The Morgan fingerprint density at radius 2 is 0.661 bits per heavy atom. The Hall–Kier alpha value is -7.22. The van der Waals surface area contributed by atoms with E-state index in [-0.39, 0.29) is 10.8 Å². The predicted molar refractivity (Wildman–Crippen MR) is 247 cm³/mol. The summed E-state index contributed by atoms with van der Waals surface area (Å²) in [6.45, 7) is 4.81. The van der Waals surface area contributed by atoms with Gasteiger partial charge in [0.05, 0.1) is 5.69 Å². The van der Waals surface area contributed by atoms with Gasteiger partial charge in [0, 0.05) is 27.8 Å². The molecule has 280 valence electrons. The topological polar surface area (TPSA) is 3.24 Å². The van der Waals surface area contributed by atoms with Gasteiger partial charge in [-0.25, -0.2) is 0 Å². The molecule has 0 aliphatic heterocycles. The highest BCUT2D eigenvalue weighted by Gasteiger charge is 2.43. The van der Waals surface area contributed by atoms with Crippen LogP contribution in [-0.2, 0) is 10.8 Å². The van der Waals surface area contributed by atoms with E-state index in [1.807, 2.05) is 0 Å². The summed E-state index contributed by atoms with van der Waals surface area (Å²) in [5.74, 6) is 0. The van der Waals surface area contributed by atoms with E-state index in [0.717, 1.165) is 17.1 Å². The lowest BCUT2D eigenvalue weighted by molar-refractivity contribution is 0.713. The summed E-state index contributed by atoms with van der Waals surface area (Å²) in [7, 11) is 0. The molecule has 2 unspecified atom stereocenters. The van der Waals surface area contributed by atoms with Gasteiger partial charge in [-0.2, -0.15) is 0 Å². The first kappa shape index (κ1) is 35.0. The van der Waals surface area contributed by atoms with Crippen molar-refractivity contribution in [3.63, 3.8) is 0 Å². The first-order valence-corrected chi connectivity index (χ1v) is 20.7. The minimum absolute atomic E-state index is 0.326. The Kier molecular flexibility index (Phi) is 8.13. The second-order valence-electron chi connectivity index (χ2n) is 16.3. The van der Waals surface area contributed by atoms with Crippen molar-refractivity contribution in [2.45, 2.75) is 24.7 Å². The Morgan fingerprint density at radius 1 is 0.288 bits per heavy atom. The van der Waals surface area contributed by atoms with Crippen molar-refractivity contribution in [2.75, 3.05) is 4.90 Å². The number of hydrogen-bond donors (Lipinski definition) is 0. The summed E-state index contributed by atoms with van der Waals surface area (Å²) < 4.78 is 0. The third kappa shape index (κ3) is 5.39. The van der Waals surface area contributed by atoms with Crippen LogP contribution in [0, 0.1) is 0 Å². The summed E-state index contributed by atoms with van der Waals surface area (Å²) in [5, 5.41) is 0. The van der Waals surface area contributed by atoms with E-state index in [1.54, 1.807) is 0 Å². The molecule has 0 heterocycles. The second-order valence-corrected chi connectivity index (χ2v) is 16.3. The SMILES string of the molecule is CC1(c2ccccc2)c2ccccc2-c2ccc(N(c3ccc4c(c3)C(C)(c3ccccc3)c3ccccc3-4)c3ccccc3-c3ccc(-c4ccccc4)cc3)cc21. The van der Waals surface area contributed by atoms with Crippen LogP contribution in [0.2, 0.25) is 0 Å². The number of anilines is 3. The van der Waals surface area contributed by atoms with Gasteiger partial charge in [-0.1, -0.05) is 194 Å². The molecule has 0 saturated heterocycles. The quantitative estimate of drug-likeness (QED) is 0.157. The highest BCUT2D eigenvalue weighted by molar-refractivity contribution is 5.93. The van der Waals surface area contributed by atoms with Crippen LogP contribution in [0.15, 0.2) is 224 Å². The van der Waals surface area contributed by atoms with Crippen LogP contribution in [0.4, 0.5) is 17.1 Å². The number of para-hydroxylation sites is 1. The Labute approximate surface area is 347 Å². The molecular weight excluding hydrogens is 711 g/mol. The molecule has 2 aliphatic carbocycles. The molecule has 0 bridgehead atoms. The lowest BCUT2D eigenvalue weighted by Gasteiger charge is -2.33. The Morgan fingerprint density at radius 3 is 1.17 bits per heavy atom. The third-order valence-corrected chi connectivity index (χ3v) is 13.3. The molecule has 0 amide bonds. The van der Waals surface area contributed by atoms with Crippen LogP contribution in [-0.4, -0.2) is 0 Å². The molecule has 1 heteroatoms. The standard InChI is InChI=1S/C58H43N/c1-57(43-20-8-4-9-21-43)52-27-15-12-25-48(52)50-36-34-45(38-54(50)57)59(56-29-17-14-24-47(56)42-32-30-41(31-33-42)40-18-6-3-7-19-40)46-35-37-51-49-26-13-16-28-53(49)58(2,55(51)39-46)44-22-10-5-11-23-44/h3-39H,1-2H3. The van der Waals surface area contributed by atoms with Gasteiger partial charge in [0.15, 0.2) is 0 Å². The fourth-order valence-electron chi connectivity index (χ4n) is 10.2. The molecule has 0 N–H and O–H groups in total. The van der Waals surface area contributed by atoms with Crippen molar-refractivity contribution in [3.8, 4) is 44.5 Å². The molecule has 0 spiro atoms. The predicted octanol–water partition coefficient (Wildman–Crippen LogP) is 15.2. The van der Waals surface area contributed by atoms with Crippen molar-refractivity contribution >= 4 is 17.1 Å². The van der Waals surface area contributed by atoms with E-state index >= 15 is 0 Å². The van der Waals surface area contributed by atoms with E-state index in [0.29, 0.717) is 0 Å². The van der Waals surface area contributed by atoms with E-state index in [2.05, 4.69) is 243 Å². The summed E-state index contributed by atoms with van der Waals surface area (Å²) in [5.41, 5.74) is 20.6. The van der Waals surface area contributed by atoms with Crippen LogP contribution >= 0.6 is 0 Å². The largest absolute Gasteiger partial charge is 0.310 e. The number of hydrogen-bond acceptors (Lipinski definition) is 1. The maximum Gasteiger partial charge on any atom is 0.0540 e. The van der Waals surface area contributed by atoms with Gasteiger partial charge >= 0.3 is 0 Å². The van der Waals surface area contributed by atoms with Crippen LogP contribution in [0.5, 0.6) is 0 Å². The fraction of sp³-hybridized carbons (Fsp3) is 0.0690. The molecule has 0 radical (unpaired) electrons. The average molecular weight is 754 g/mol. The molecule has 9 aromatic carbocycles. The fourth-order valence-corrected chi connectivity index (χ4v) is 10.2. The van der Waals surface area contributed by atoms with Crippen LogP contribution < -0.4 is 4.90 Å². The first-order valence-electron chi connectivity index (χ1n) is 20.7. The van der Waals surface area contributed by atoms with Gasteiger partial charge in [0.25, 0.3) is 0 Å². The zero-order valence-corrected chi connectivity index (χ0v) is 33.3. The molecule has 11 rings (SSSR count). The van der Waals surface area contributed by atoms with Gasteiger partial charge in [0.2, 0.25) is 0 Å².